The van der Waals surface area contributed by atoms with E-state index < -0.39 is 0 Å². The zero-order valence-electron chi connectivity index (χ0n) is 24.6. The van der Waals surface area contributed by atoms with Gasteiger partial charge in [-0.05, 0) is 54.5 Å². The first kappa shape index (κ1) is 31.7. The lowest BCUT2D eigenvalue weighted by Crippen LogP contribution is -2.08. The number of hydrogen-bond acceptors (Lipinski definition) is 3. The number of carbonyl (C=O) groups excluding carboxylic acids is 1. The summed E-state index contributed by atoms with van der Waals surface area (Å²) in [4.78, 5) is 14.4. The Hall–Kier alpha value is -2.55. The number of rotatable bonds is 22. The van der Waals surface area contributed by atoms with Crippen LogP contribution in [0.2, 0.25) is 0 Å². The number of ether oxygens (including phenoxy) is 1. The van der Waals surface area contributed by atoms with Crippen LogP contribution < -0.4 is 9.64 Å². The fraction of sp³-hybridized carbons (Fsp3) is 0.571. The van der Waals surface area contributed by atoms with E-state index >= 15 is 0 Å². The molecule has 2 rings (SSSR count). The molecule has 0 spiro atoms. The van der Waals surface area contributed by atoms with Crippen LogP contribution in [-0.2, 0) is 0 Å². The highest BCUT2D eigenvalue weighted by atomic mass is 16.5. The van der Waals surface area contributed by atoms with Crippen LogP contribution in [0.4, 0.5) is 5.69 Å². The lowest BCUT2D eigenvalue weighted by atomic mass is 10.0. The highest BCUT2D eigenvalue weighted by Gasteiger charge is 2.03. The average molecular weight is 520 g/mol. The number of ketones is 1. The second-order valence-corrected chi connectivity index (χ2v) is 10.9. The van der Waals surface area contributed by atoms with E-state index in [1.807, 2.05) is 73.6 Å². The fourth-order valence-corrected chi connectivity index (χ4v) is 4.71. The summed E-state index contributed by atoms with van der Waals surface area (Å²) in [6.45, 7) is 3.06. The molecular weight excluding hydrogens is 466 g/mol. The van der Waals surface area contributed by atoms with Gasteiger partial charge in [-0.1, -0.05) is 121 Å². The van der Waals surface area contributed by atoms with Gasteiger partial charge in [0, 0.05) is 25.3 Å². The lowest BCUT2D eigenvalue weighted by molar-refractivity contribution is 0.104. The molecule has 3 heteroatoms. The molecule has 2 aromatic rings. The Morgan fingerprint density at radius 1 is 0.658 bits per heavy atom. The van der Waals surface area contributed by atoms with Crippen LogP contribution in [0, 0.1) is 0 Å². The van der Waals surface area contributed by atoms with Gasteiger partial charge in [-0.3, -0.25) is 4.79 Å². The normalized spacial score (nSPS) is 11.2. The number of benzene rings is 2. The molecule has 0 aliphatic rings. The molecule has 0 saturated carbocycles. The van der Waals surface area contributed by atoms with Gasteiger partial charge in [0.25, 0.3) is 0 Å². The molecule has 3 nitrogen and oxygen atoms in total. The molecule has 0 bridgehead atoms. The van der Waals surface area contributed by atoms with Crippen molar-refractivity contribution in [2.45, 2.75) is 110 Å². The summed E-state index contributed by atoms with van der Waals surface area (Å²) < 4.78 is 5.91. The number of unbranched alkanes of at least 4 members (excludes halogenated alkanes) is 15. The number of nitrogens with zero attached hydrogens (tertiary/aromatic N) is 1. The summed E-state index contributed by atoms with van der Waals surface area (Å²) in [7, 11) is 3.98. The van der Waals surface area contributed by atoms with Gasteiger partial charge >= 0.3 is 0 Å². The summed E-state index contributed by atoms with van der Waals surface area (Å²) in [5, 5.41) is 0. The van der Waals surface area contributed by atoms with Crippen molar-refractivity contribution in [3.8, 4) is 5.75 Å². The van der Waals surface area contributed by atoms with Crippen LogP contribution in [0.3, 0.4) is 0 Å². The number of carbonyl (C=O) groups is 1. The predicted octanol–water partition coefficient (Wildman–Crippen LogP) is 10.3. The SMILES string of the molecule is CCCCCCCCCCCCCCCCCCOc1ccc(/C=C/C(=O)c2ccc(N(C)C)cc2)cc1. The minimum absolute atomic E-state index is 0.0131. The molecule has 0 aromatic heterocycles. The van der Waals surface area contributed by atoms with Crippen molar-refractivity contribution >= 4 is 17.5 Å². The first-order chi connectivity index (χ1) is 18.6. The Labute approximate surface area is 233 Å². The molecule has 2 aromatic carbocycles. The van der Waals surface area contributed by atoms with Gasteiger partial charge < -0.3 is 9.64 Å². The van der Waals surface area contributed by atoms with E-state index in [0.29, 0.717) is 5.56 Å². The number of allylic oxidation sites excluding steroid dienone is 1. The van der Waals surface area contributed by atoms with Crippen molar-refractivity contribution in [2.24, 2.45) is 0 Å². The monoisotopic (exact) mass is 519 g/mol. The minimum Gasteiger partial charge on any atom is -0.494 e. The molecule has 0 atom stereocenters. The maximum absolute atomic E-state index is 12.4. The Bertz CT molecular complexity index is 883. The second kappa shape index (κ2) is 20.4. The summed E-state index contributed by atoms with van der Waals surface area (Å²) in [6.07, 6.45) is 25.6. The third-order valence-corrected chi connectivity index (χ3v) is 7.24. The zero-order valence-corrected chi connectivity index (χ0v) is 24.6. The van der Waals surface area contributed by atoms with Gasteiger partial charge in [-0.15, -0.1) is 0 Å². The first-order valence-electron chi connectivity index (χ1n) is 15.3. The summed E-state index contributed by atoms with van der Waals surface area (Å²) >= 11 is 0. The minimum atomic E-state index is 0.0131. The summed E-state index contributed by atoms with van der Waals surface area (Å²) in [5.41, 5.74) is 2.78. The van der Waals surface area contributed by atoms with Crippen molar-refractivity contribution in [1.29, 1.82) is 0 Å². The smallest absolute Gasteiger partial charge is 0.185 e. The summed E-state index contributed by atoms with van der Waals surface area (Å²) in [5.74, 6) is 0.910. The van der Waals surface area contributed by atoms with Crippen LogP contribution >= 0.6 is 0 Å². The largest absolute Gasteiger partial charge is 0.494 e. The standard InChI is InChI=1S/C35H53NO2/c1-4-5-6-7-8-9-10-11-12-13-14-15-16-17-18-19-30-38-34-27-20-31(21-28-34)22-29-35(37)32-23-25-33(26-24-32)36(2)3/h20-29H,4-19,30H2,1-3H3/b29-22+. The van der Waals surface area contributed by atoms with Crippen molar-refractivity contribution in [3.63, 3.8) is 0 Å². The molecule has 0 N–H and O–H groups in total. The van der Waals surface area contributed by atoms with Gasteiger partial charge in [-0.2, -0.15) is 0 Å². The van der Waals surface area contributed by atoms with Crippen LogP contribution in [0.15, 0.2) is 54.6 Å². The topological polar surface area (TPSA) is 29.5 Å². The van der Waals surface area contributed by atoms with E-state index in [-0.39, 0.29) is 5.78 Å². The third-order valence-electron chi connectivity index (χ3n) is 7.24. The molecule has 0 aliphatic carbocycles. The van der Waals surface area contributed by atoms with Gasteiger partial charge in [0.05, 0.1) is 6.61 Å². The molecule has 0 fully saturated rings. The maximum atomic E-state index is 12.4. The molecule has 0 unspecified atom stereocenters. The number of hydrogen-bond donors (Lipinski definition) is 0. The van der Waals surface area contributed by atoms with Crippen LogP contribution in [0.25, 0.3) is 6.08 Å². The molecular formula is C35H53NO2. The molecule has 0 aliphatic heterocycles. The highest BCUT2D eigenvalue weighted by molar-refractivity contribution is 6.06. The maximum Gasteiger partial charge on any atom is 0.185 e. The first-order valence-corrected chi connectivity index (χ1v) is 15.3. The van der Waals surface area contributed by atoms with Crippen molar-refractivity contribution in [1.82, 2.24) is 0 Å². The van der Waals surface area contributed by atoms with E-state index in [0.717, 1.165) is 30.0 Å². The molecule has 38 heavy (non-hydrogen) atoms. The molecule has 0 heterocycles. The fourth-order valence-electron chi connectivity index (χ4n) is 4.71. The van der Waals surface area contributed by atoms with Crippen molar-refractivity contribution < 1.29 is 9.53 Å². The van der Waals surface area contributed by atoms with E-state index in [9.17, 15) is 4.79 Å². The Morgan fingerprint density at radius 2 is 1.13 bits per heavy atom. The number of anilines is 1. The van der Waals surface area contributed by atoms with Gasteiger partial charge in [-0.25, -0.2) is 0 Å². The van der Waals surface area contributed by atoms with Gasteiger partial charge in [0.2, 0.25) is 0 Å². The van der Waals surface area contributed by atoms with Crippen molar-refractivity contribution in [3.05, 3.63) is 65.7 Å². The second-order valence-electron chi connectivity index (χ2n) is 10.9. The highest BCUT2D eigenvalue weighted by Crippen LogP contribution is 2.17. The molecule has 0 radical (unpaired) electrons. The Kier molecular flexibility index (Phi) is 17.0. The predicted molar refractivity (Wildman–Crippen MR) is 166 cm³/mol. The summed E-state index contributed by atoms with van der Waals surface area (Å²) in [6, 6.07) is 15.7. The van der Waals surface area contributed by atoms with E-state index in [1.165, 1.54) is 96.3 Å². The lowest BCUT2D eigenvalue weighted by Gasteiger charge is -2.11. The van der Waals surface area contributed by atoms with Crippen LogP contribution in [-0.4, -0.2) is 26.5 Å². The Balaban J connectivity index is 1.45. The Morgan fingerprint density at radius 3 is 1.61 bits per heavy atom. The molecule has 0 saturated heterocycles. The van der Waals surface area contributed by atoms with Crippen LogP contribution in [0.1, 0.15) is 126 Å². The van der Waals surface area contributed by atoms with Gasteiger partial charge in [0.15, 0.2) is 5.78 Å². The van der Waals surface area contributed by atoms with E-state index in [4.69, 9.17) is 4.74 Å². The van der Waals surface area contributed by atoms with E-state index in [1.54, 1.807) is 6.08 Å². The van der Waals surface area contributed by atoms with Crippen molar-refractivity contribution in [2.75, 3.05) is 25.6 Å². The average Bonchev–Trinajstić information content (AvgIpc) is 2.94. The van der Waals surface area contributed by atoms with Crippen LogP contribution in [0.5, 0.6) is 5.75 Å². The zero-order chi connectivity index (χ0) is 27.3. The quantitative estimate of drug-likeness (QED) is 0.0880. The molecule has 210 valence electrons. The third kappa shape index (κ3) is 14.4. The van der Waals surface area contributed by atoms with Gasteiger partial charge in [0.1, 0.15) is 5.75 Å². The van der Waals surface area contributed by atoms with E-state index in [2.05, 4.69) is 6.92 Å². The molecule has 0 amide bonds.